The van der Waals surface area contributed by atoms with Crippen LogP contribution in [0.3, 0.4) is 0 Å². The number of hydrogen-bond acceptors (Lipinski definition) is 4. The maximum atomic E-state index is 11.5. The first-order valence-corrected chi connectivity index (χ1v) is 6.89. The fourth-order valence-corrected chi connectivity index (χ4v) is 1.96. The summed E-state index contributed by atoms with van der Waals surface area (Å²) in [5.74, 6) is -0.277. The third kappa shape index (κ3) is 4.10. The Labute approximate surface area is 106 Å². The maximum Gasteiger partial charge on any atom is 0.250 e. The fourth-order valence-electron chi connectivity index (χ4n) is 1.23. The fraction of sp³-hybridized carbons (Fsp3) is 0.364. The number of amides is 1. The molecule has 100 valence electrons. The highest BCUT2D eigenvalue weighted by Crippen LogP contribution is 2.13. The lowest BCUT2D eigenvalue weighted by Crippen LogP contribution is -2.19. The summed E-state index contributed by atoms with van der Waals surface area (Å²) in [6.45, 7) is 2.24. The lowest BCUT2D eigenvalue weighted by Gasteiger charge is -2.06. The second-order valence-electron chi connectivity index (χ2n) is 3.42. The molecule has 0 heterocycles. The van der Waals surface area contributed by atoms with Crippen LogP contribution < -0.4 is 10.0 Å². The summed E-state index contributed by atoms with van der Waals surface area (Å²) in [7, 11) is -2.10. The maximum absolute atomic E-state index is 11.5. The van der Waals surface area contributed by atoms with E-state index in [0.717, 1.165) is 0 Å². The summed E-state index contributed by atoms with van der Waals surface area (Å²) in [6, 6.07) is 5.88. The molecule has 0 aliphatic carbocycles. The Kier molecular flexibility index (Phi) is 5.26. The van der Waals surface area contributed by atoms with E-state index in [4.69, 9.17) is 4.74 Å². The number of rotatable bonds is 6. The molecule has 0 aromatic heterocycles. The van der Waals surface area contributed by atoms with Gasteiger partial charge in [0.2, 0.25) is 15.9 Å². The van der Waals surface area contributed by atoms with Gasteiger partial charge in [0.25, 0.3) is 0 Å². The molecule has 1 aromatic carbocycles. The van der Waals surface area contributed by atoms with Gasteiger partial charge in [0, 0.05) is 12.3 Å². The molecule has 6 nitrogen and oxygen atoms in total. The summed E-state index contributed by atoms with van der Waals surface area (Å²) in [4.78, 5) is 11.5. The van der Waals surface area contributed by atoms with Crippen LogP contribution in [0.4, 0.5) is 5.69 Å². The molecule has 0 aliphatic rings. The minimum absolute atomic E-state index is 0.0208. The predicted octanol–water partition coefficient (Wildman–Crippen LogP) is 0.570. The summed E-state index contributed by atoms with van der Waals surface area (Å²) < 4.78 is 30.1. The third-order valence-corrected chi connectivity index (χ3v) is 3.58. The zero-order chi connectivity index (χ0) is 13.6. The van der Waals surface area contributed by atoms with Gasteiger partial charge in [-0.05, 0) is 38.2 Å². The molecular weight excluding hydrogens is 256 g/mol. The van der Waals surface area contributed by atoms with Gasteiger partial charge in [-0.2, -0.15) is 0 Å². The number of nitrogens with one attached hydrogen (secondary N) is 2. The lowest BCUT2D eigenvalue weighted by atomic mass is 10.3. The molecule has 7 heteroatoms. The molecule has 0 saturated heterocycles. The first-order chi connectivity index (χ1) is 8.49. The second-order valence-corrected chi connectivity index (χ2v) is 5.30. The highest BCUT2D eigenvalue weighted by Gasteiger charge is 2.10. The Morgan fingerprint density at radius 3 is 2.39 bits per heavy atom. The van der Waals surface area contributed by atoms with Crippen LogP contribution in [0.25, 0.3) is 0 Å². The average molecular weight is 272 g/mol. The van der Waals surface area contributed by atoms with Crippen molar-refractivity contribution < 1.29 is 17.9 Å². The van der Waals surface area contributed by atoms with E-state index in [-0.39, 0.29) is 17.4 Å². The van der Waals surface area contributed by atoms with Crippen LogP contribution in [-0.2, 0) is 19.6 Å². The number of benzene rings is 1. The van der Waals surface area contributed by atoms with Gasteiger partial charge in [-0.3, -0.25) is 4.79 Å². The van der Waals surface area contributed by atoms with E-state index in [1.54, 1.807) is 6.92 Å². The largest absolute Gasteiger partial charge is 0.372 e. The summed E-state index contributed by atoms with van der Waals surface area (Å²) >= 11 is 0. The van der Waals surface area contributed by atoms with Crippen molar-refractivity contribution in [2.45, 2.75) is 11.8 Å². The summed E-state index contributed by atoms with van der Waals surface area (Å²) in [5.41, 5.74) is 0.523. The van der Waals surface area contributed by atoms with Crippen LogP contribution in [0.5, 0.6) is 0 Å². The van der Waals surface area contributed by atoms with Crippen molar-refractivity contribution in [3.8, 4) is 0 Å². The van der Waals surface area contributed by atoms with Gasteiger partial charge in [0.1, 0.15) is 6.61 Å². The quantitative estimate of drug-likeness (QED) is 0.793. The van der Waals surface area contributed by atoms with E-state index in [9.17, 15) is 13.2 Å². The van der Waals surface area contributed by atoms with Crippen molar-refractivity contribution in [3.05, 3.63) is 24.3 Å². The zero-order valence-corrected chi connectivity index (χ0v) is 11.1. The molecule has 18 heavy (non-hydrogen) atoms. The number of carbonyl (C=O) groups excluding carboxylic acids is 1. The SMILES string of the molecule is CCOCC(=O)Nc1ccc(S(=O)(=O)NC)cc1. The topological polar surface area (TPSA) is 84.5 Å². The molecule has 0 unspecified atom stereocenters. The van der Waals surface area contributed by atoms with Crippen LogP contribution in [0, 0.1) is 0 Å². The van der Waals surface area contributed by atoms with E-state index in [1.807, 2.05) is 0 Å². The van der Waals surface area contributed by atoms with Gasteiger partial charge < -0.3 is 10.1 Å². The van der Waals surface area contributed by atoms with E-state index < -0.39 is 10.0 Å². The Bertz CT molecular complexity index is 496. The molecule has 1 rings (SSSR count). The van der Waals surface area contributed by atoms with Gasteiger partial charge in [0.05, 0.1) is 4.90 Å². The number of anilines is 1. The standard InChI is InChI=1S/C11H16N2O4S/c1-3-17-8-11(14)13-9-4-6-10(7-5-9)18(15,16)12-2/h4-7,12H,3,8H2,1-2H3,(H,13,14). The summed E-state index contributed by atoms with van der Waals surface area (Å²) in [6.07, 6.45) is 0. The number of hydrogen-bond donors (Lipinski definition) is 2. The molecule has 0 fully saturated rings. The molecule has 0 radical (unpaired) electrons. The van der Waals surface area contributed by atoms with Gasteiger partial charge in [-0.25, -0.2) is 13.1 Å². The van der Waals surface area contributed by atoms with E-state index in [1.165, 1.54) is 31.3 Å². The van der Waals surface area contributed by atoms with Crippen LogP contribution in [0.2, 0.25) is 0 Å². The number of carbonyl (C=O) groups is 1. The molecule has 1 amide bonds. The average Bonchev–Trinajstić information content (AvgIpc) is 2.37. The van der Waals surface area contributed by atoms with Gasteiger partial charge in [-0.15, -0.1) is 0 Å². The Morgan fingerprint density at radius 2 is 1.89 bits per heavy atom. The van der Waals surface area contributed by atoms with Crippen molar-refractivity contribution in [1.29, 1.82) is 0 Å². The Hall–Kier alpha value is -1.44. The van der Waals surface area contributed by atoms with Crippen molar-refractivity contribution >= 4 is 21.6 Å². The minimum Gasteiger partial charge on any atom is -0.372 e. The van der Waals surface area contributed by atoms with Crippen LogP contribution >= 0.6 is 0 Å². The van der Waals surface area contributed by atoms with Crippen molar-refractivity contribution in [2.75, 3.05) is 25.6 Å². The molecule has 0 atom stereocenters. The van der Waals surface area contributed by atoms with Crippen LogP contribution in [0.1, 0.15) is 6.92 Å². The van der Waals surface area contributed by atoms with Crippen molar-refractivity contribution in [3.63, 3.8) is 0 Å². The highest BCUT2D eigenvalue weighted by atomic mass is 32.2. The first-order valence-electron chi connectivity index (χ1n) is 5.41. The monoisotopic (exact) mass is 272 g/mol. The van der Waals surface area contributed by atoms with E-state index in [2.05, 4.69) is 10.0 Å². The first kappa shape index (κ1) is 14.6. The predicted molar refractivity (Wildman–Crippen MR) is 67.8 cm³/mol. The zero-order valence-electron chi connectivity index (χ0n) is 10.3. The second kappa shape index (κ2) is 6.48. The molecule has 0 bridgehead atoms. The number of sulfonamides is 1. The van der Waals surface area contributed by atoms with Crippen LogP contribution in [0.15, 0.2) is 29.2 Å². The highest BCUT2D eigenvalue weighted by molar-refractivity contribution is 7.89. The van der Waals surface area contributed by atoms with Crippen LogP contribution in [-0.4, -0.2) is 34.6 Å². The third-order valence-electron chi connectivity index (χ3n) is 2.15. The van der Waals surface area contributed by atoms with Crippen molar-refractivity contribution in [2.24, 2.45) is 0 Å². The summed E-state index contributed by atoms with van der Waals surface area (Å²) in [5, 5.41) is 2.59. The van der Waals surface area contributed by atoms with E-state index in [0.29, 0.717) is 12.3 Å². The Morgan fingerprint density at radius 1 is 1.28 bits per heavy atom. The lowest BCUT2D eigenvalue weighted by molar-refractivity contribution is -0.120. The normalized spacial score (nSPS) is 11.2. The molecular formula is C11H16N2O4S. The van der Waals surface area contributed by atoms with Gasteiger partial charge in [0.15, 0.2) is 0 Å². The molecule has 1 aromatic rings. The smallest absolute Gasteiger partial charge is 0.250 e. The van der Waals surface area contributed by atoms with Crippen molar-refractivity contribution in [1.82, 2.24) is 4.72 Å². The minimum atomic E-state index is -3.44. The Balaban J connectivity index is 2.69. The van der Waals surface area contributed by atoms with Gasteiger partial charge in [-0.1, -0.05) is 0 Å². The molecule has 0 saturated carbocycles. The molecule has 2 N–H and O–H groups in total. The molecule has 0 spiro atoms. The molecule has 0 aliphatic heterocycles. The van der Waals surface area contributed by atoms with Gasteiger partial charge >= 0.3 is 0 Å². The van der Waals surface area contributed by atoms with E-state index >= 15 is 0 Å². The number of ether oxygens (including phenoxy) is 1.